The van der Waals surface area contributed by atoms with Crippen LogP contribution in [0.4, 0.5) is 5.82 Å². The number of nitrogens with zero attached hydrogens (tertiary/aromatic N) is 3. The van der Waals surface area contributed by atoms with Crippen molar-refractivity contribution >= 4 is 23.0 Å². The normalized spacial score (nSPS) is 16.8. The number of fused-ring (bicyclic) bond motifs is 1. The first-order valence-corrected chi connectivity index (χ1v) is 6.41. The zero-order valence-electron chi connectivity index (χ0n) is 10.5. The molecule has 19 heavy (non-hydrogen) atoms. The van der Waals surface area contributed by atoms with E-state index in [0.717, 1.165) is 48.9 Å². The number of hydrogen-bond donors (Lipinski definition) is 1. The second kappa shape index (κ2) is 4.93. The molecule has 0 saturated carbocycles. The molecule has 0 radical (unpaired) electrons. The Bertz CT molecular complexity index is 607. The molecule has 3 rings (SSSR count). The Morgan fingerprint density at radius 3 is 2.79 bits per heavy atom. The molecule has 2 heterocycles. The van der Waals surface area contributed by atoms with Gasteiger partial charge in [-0.05, 0) is 31.0 Å². The number of aliphatic hydroxyl groups excluding tert-OH is 1. The van der Waals surface area contributed by atoms with Gasteiger partial charge < -0.3 is 10.0 Å². The number of aromatic nitrogens is 2. The van der Waals surface area contributed by atoms with Crippen LogP contribution in [0.2, 0.25) is 0 Å². The largest absolute Gasteiger partial charge is 0.393 e. The van der Waals surface area contributed by atoms with Crippen LogP contribution in [0.3, 0.4) is 0 Å². The van der Waals surface area contributed by atoms with E-state index in [4.69, 9.17) is 0 Å². The summed E-state index contributed by atoms with van der Waals surface area (Å²) in [5, 5.41) is 10.5. The molecule has 1 N–H and O–H groups in total. The lowest BCUT2D eigenvalue weighted by Crippen LogP contribution is -2.36. The summed E-state index contributed by atoms with van der Waals surface area (Å²) in [6.45, 7) is 1.55. The third-order valence-corrected chi connectivity index (χ3v) is 3.54. The van der Waals surface area contributed by atoms with Crippen LogP contribution >= 0.6 is 0 Å². The van der Waals surface area contributed by atoms with Gasteiger partial charge in [0.15, 0.2) is 0 Å². The molecule has 0 amide bonds. The Morgan fingerprint density at radius 2 is 2.05 bits per heavy atom. The van der Waals surface area contributed by atoms with Crippen molar-refractivity contribution in [2.75, 3.05) is 18.0 Å². The number of anilines is 1. The smallest absolute Gasteiger partial charge is 0.150 e. The quantitative estimate of drug-likeness (QED) is 0.824. The lowest BCUT2D eigenvalue weighted by atomic mass is 10.1. The van der Waals surface area contributed by atoms with Gasteiger partial charge in [0.25, 0.3) is 0 Å². The SMILES string of the molecule is O=Cc1ccc2ncnc(N3CCC(O)CC3)c2c1. The number of hydrogen-bond acceptors (Lipinski definition) is 5. The Labute approximate surface area is 110 Å². The van der Waals surface area contributed by atoms with E-state index >= 15 is 0 Å². The molecule has 1 fully saturated rings. The van der Waals surface area contributed by atoms with E-state index in [1.54, 1.807) is 12.4 Å². The van der Waals surface area contributed by atoms with Crippen LogP contribution in [0.15, 0.2) is 24.5 Å². The highest BCUT2D eigenvalue weighted by Gasteiger charge is 2.20. The van der Waals surface area contributed by atoms with Gasteiger partial charge in [-0.25, -0.2) is 9.97 Å². The molecule has 1 aromatic heterocycles. The molecule has 1 aromatic carbocycles. The molecule has 1 aliphatic rings. The first-order chi connectivity index (χ1) is 9.28. The van der Waals surface area contributed by atoms with Gasteiger partial charge >= 0.3 is 0 Å². The molecule has 1 aliphatic heterocycles. The summed E-state index contributed by atoms with van der Waals surface area (Å²) < 4.78 is 0. The molecule has 5 heteroatoms. The van der Waals surface area contributed by atoms with Crippen molar-refractivity contribution in [3.63, 3.8) is 0 Å². The predicted molar refractivity (Wildman–Crippen MR) is 72.4 cm³/mol. The molecule has 0 atom stereocenters. The summed E-state index contributed by atoms with van der Waals surface area (Å²) in [5.41, 5.74) is 1.46. The minimum atomic E-state index is -0.213. The highest BCUT2D eigenvalue weighted by molar-refractivity contribution is 5.93. The lowest BCUT2D eigenvalue weighted by molar-refractivity contribution is 0.112. The van der Waals surface area contributed by atoms with Crippen LogP contribution in [0, 0.1) is 0 Å². The number of piperidine rings is 1. The maximum Gasteiger partial charge on any atom is 0.150 e. The van der Waals surface area contributed by atoms with Crippen molar-refractivity contribution in [2.24, 2.45) is 0 Å². The third kappa shape index (κ3) is 2.29. The highest BCUT2D eigenvalue weighted by Crippen LogP contribution is 2.26. The van der Waals surface area contributed by atoms with Crippen LogP contribution in [0.1, 0.15) is 23.2 Å². The minimum Gasteiger partial charge on any atom is -0.393 e. The molecule has 5 nitrogen and oxygen atoms in total. The fourth-order valence-corrected chi connectivity index (χ4v) is 2.46. The molecular formula is C14H15N3O2. The molecule has 0 unspecified atom stereocenters. The minimum absolute atomic E-state index is 0.213. The van der Waals surface area contributed by atoms with Crippen LogP contribution < -0.4 is 4.90 Å². The third-order valence-electron chi connectivity index (χ3n) is 3.54. The maximum absolute atomic E-state index is 10.9. The topological polar surface area (TPSA) is 66.3 Å². The number of carbonyl (C=O) groups excluding carboxylic acids is 1. The summed E-state index contributed by atoms with van der Waals surface area (Å²) in [6.07, 6.45) is 3.66. The number of aliphatic hydroxyl groups is 1. The van der Waals surface area contributed by atoms with E-state index in [1.807, 2.05) is 12.1 Å². The van der Waals surface area contributed by atoms with Gasteiger partial charge in [-0.3, -0.25) is 4.79 Å². The molecule has 0 spiro atoms. The predicted octanol–water partition coefficient (Wildman–Crippen LogP) is 1.40. The standard InChI is InChI=1S/C14H15N3O2/c18-8-10-1-2-13-12(7-10)14(16-9-15-13)17-5-3-11(19)4-6-17/h1-2,7-9,11,19H,3-6H2. The highest BCUT2D eigenvalue weighted by atomic mass is 16.3. The van der Waals surface area contributed by atoms with Crippen molar-refractivity contribution < 1.29 is 9.90 Å². The van der Waals surface area contributed by atoms with Crippen LogP contribution in [-0.2, 0) is 0 Å². The van der Waals surface area contributed by atoms with Crippen molar-refractivity contribution in [1.82, 2.24) is 9.97 Å². The first kappa shape index (κ1) is 12.0. The number of benzene rings is 1. The zero-order valence-corrected chi connectivity index (χ0v) is 10.5. The maximum atomic E-state index is 10.9. The Balaban J connectivity index is 2.04. The zero-order chi connectivity index (χ0) is 13.2. The first-order valence-electron chi connectivity index (χ1n) is 6.41. The average Bonchev–Trinajstić information content (AvgIpc) is 2.47. The molecule has 2 aromatic rings. The van der Waals surface area contributed by atoms with E-state index in [1.165, 1.54) is 0 Å². The van der Waals surface area contributed by atoms with Gasteiger partial charge in [-0.1, -0.05) is 0 Å². The fraction of sp³-hybridized carbons (Fsp3) is 0.357. The van der Waals surface area contributed by atoms with Gasteiger partial charge in [0.2, 0.25) is 0 Å². The molecule has 0 bridgehead atoms. The second-order valence-corrected chi connectivity index (χ2v) is 4.81. The number of carbonyl (C=O) groups is 1. The van der Waals surface area contributed by atoms with Gasteiger partial charge in [0.05, 0.1) is 11.6 Å². The Morgan fingerprint density at radius 1 is 1.26 bits per heavy atom. The summed E-state index contributed by atoms with van der Waals surface area (Å²) in [5.74, 6) is 0.848. The average molecular weight is 257 g/mol. The summed E-state index contributed by atoms with van der Waals surface area (Å²) >= 11 is 0. The van der Waals surface area contributed by atoms with Crippen LogP contribution in [0.5, 0.6) is 0 Å². The molecule has 98 valence electrons. The fourth-order valence-electron chi connectivity index (χ4n) is 2.46. The van der Waals surface area contributed by atoms with Crippen molar-refractivity contribution in [3.8, 4) is 0 Å². The van der Waals surface area contributed by atoms with Crippen LogP contribution in [0.25, 0.3) is 10.9 Å². The summed E-state index contributed by atoms with van der Waals surface area (Å²) in [4.78, 5) is 21.6. The van der Waals surface area contributed by atoms with Crippen molar-refractivity contribution in [2.45, 2.75) is 18.9 Å². The van der Waals surface area contributed by atoms with E-state index in [0.29, 0.717) is 5.56 Å². The van der Waals surface area contributed by atoms with Crippen molar-refractivity contribution in [1.29, 1.82) is 0 Å². The van der Waals surface area contributed by atoms with Gasteiger partial charge in [-0.15, -0.1) is 0 Å². The van der Waals surface area contributed by atoms with E-state index < -0.39 is 0 Å². The summed E-state index contributed by atoms with van der Waals surface area (Å²) in [7, 11) is 0. The van der Waals surface area contributed by atoms with Crippen molar-refractivity contribution in [3.05, 3.63) is 30.1 Å². The van der Waals surface area contributed by atoms with Gasteiger partial charge in [-0.2, -0.15) is 0 Å². The number of rotatable bonds is 2. The second-order valence-electron chi connectivity index (χ2n) is 4.81. The molecule has 0 aliphatic carbocycles. The lowest BCUT2D eigenvalue weighted by Gasteiger charge is -2.31. The summed E-state index contributed by atoms with van der Waals surface area (Å²) in [6, 6.07) is 5.41. The van der Waals surface area contributed by atoms with E-state index in [-0.39, 0.29) is 6.10 Å². The van der Waals surface area contributed by atoms with Gasteiger partial charge in [0, 0.05) is 24.0 Å². The monoisotopic (exact) mass is 257 g/mol. The Hall–Kier alpha value is -2.01. The van der Waals surface area contributed by atoms with E-state index in [2.05, 4.69) is 14.9 Å². The van der Waals surface area contributed by atoms with Crippen LogP contribution in [-0.4, -0.2) is 40.6 Å². The Kier molecular flexibility index (Phi) is 3.13. The molecular weight excluding hydrogens is 242 g/mol. The van der Waals surface area contributed by atoms with E-state index in [9.17, 15) is 9.90 Å². The van der Waals surface area contributed by atoms with Gasteiger partial charge in [0.1, 0.15) is 18.4 Å². The molecule has 1 saturated heterocycles. The number of aldehydes is 1.